The van der Waals surface area contributed by atoms with Crippen LogP contribution >= 0.6 is 27.3 Å². The Hall–Kier alpha value is -1.80. The average Bonchev–Trinajstić information content (AvgIpc) is 2.82. The van der Waals surface area contributed by atoms with Crippen molar-refractivity contribution < 1.29 is 18.8 Å². The van der Waals surface area contributed by atoms with E-state index in [1.165, 1.54) is 17.4 Å². The molecule has 0 spiro atoms. The highest BCUT2D eigenvalue weighted by molar-refractivity contribution is 9.10. The molecule has 1 aromatic carbocycles. The van der Waals surface area contributed by atoms with Crippen molar-refractivity contribution in [2.45, 2.75) is 0 Å². The first-order chi connectivity index (χ1) is 9.49. The van der Waals surface area contributed by atoms with Gasteiger partial charge in [0.05, 0.1) is 9.80 Å². The lowest BCUT2D eigenvalue weighted by atomic mass is 10.3. The molecule has 0 fully saturated rings. The van der Waals surface area contributed by atoms with Crippen molar-refractivity contribution in [2.75, 3.05) is 6.61 Å². The summed E-state index contributed by atoms with van der Waals surface area (Å²) >= 11 is 4.49. The van der Waals surface area contributed by atoms with Crippen LogP contribution in [0.25, 0.3) is 0 Å². The van der Waals surface area contributed by atoms with Gasteiger partial charge in [-0.2, -0.15) is 4.39 Å². The van der Waals surface area contributed by atoms with Crippen molar-refractivity contribution in [2.24, 2.45) is 0 Å². The molecule has 1 heterocycles. The summed E-state index contributed by atoms with van der Waals surface area (Å²) in [6.45, 7) is -0.267. The number of benzene rings is 1. The number of ketones is 1. The lowest BCUT2D eigenvalue weighted by Crippen LogP contribution is -2.10. The molecule has 0 amide bonds. The highest BCUT2D eigenvalue weighted by Crippen LogP contribution is 2.25. The van der Waals surface area contributed by atoms with E-state index in [4.69, 9.17) is 4.74 Å². The molecule has 8 heteroatoms. The van der Waals surface area contributed by atoms with E-state index in [2.05, 4.69) is 15.9 Å². The second-order valence-corrected chi connectivity index (χ2v) is 5.45. The van der Waals surface area contributed by atoms with Gasteiger partial charge in [-0.05, 0) is 33.4 Å². The standard InChI is InChI=1S/C12H7BrFNO4S/c13-8-3-4-20-12(8)11(16)6-19-7-1-2-10(15(17)18)9(14)5-7/h1-5H,6H2. The normalized spacial score (nSPS) is 10.3. The van der Waals surface area contributed by atoms with Gasteiger partial charge in [-0.15, -0.1) is 11.3 Å². The van der Waals surface area contributed by atoms with E-state index in [1.807, 2.05) is 0 Å². The molecule has 20 heavy (non-hydrogen) atoms. The SMILES string of the molecule is O=C(COc1ccc([N+](=O)[O-])c(F)c1)c1sccc1Br. The number of nitrogens with zero attached hydrogens (tertiary/aromatic N) is 1. The van der Waals surface area contributed by atoms with Crippen LogP contribution in [0.15, 0.2) is 34.1 Å². The molecule has 0 aliphatic carbocycles. The molecule has 0 unspecified atom stereocenters. The van der Waals surface area contributed by atoms with E-state index in [-0.39, 0.29) is 18.1 Å². The Kier molecular flexibility index (Phi) is 4.46. The first-order valence-electron chi connectivity index (χ1n) is 5.32. The van der Waals surface area contributed by atoms with Crippen LogP contribution in [0.2, 0.25) is 0 Å². The van der Waals surface area contributed by atoms with Crippen LogP contribution in [0, 0.1) is 15.9 Å². The van der Waals surface area contributed by atoms with Crippen LogP contribution in [0.1, 0.15) is 9.67 Å². The highest BCUT2D eigenvalue weighted by atomic mass is 79.9. The Bertz CT molecular complexity index is 673. The topological polar surface area (TPSA) is 69.4 Å². The zero-order chi connectivity index (χ0) is 14.7. The quantitative estimate of drug-likeness (QED) is 0.462. The molecular formula is C12H7BrFNO4S. The minimum atomic E-state index is -1.00. The smallest absolute Gasteiger partial charge is 0.305 e. The molecule has 0 aliphatic rings. The molecule has 0 atom stereocenters. The summed E-state index contributed by atoms with van der Waals surface area (Å²) in [5, 5.41) is 12.2. The number of carbonyl (C=O) groups is 1. The zero-order valence-electron chi connectivity index (χ0n) is 9.84. The molecular weight excluding hydrogens is 353 g/mol. The maximum absolute atomic E-state index is 13.4. The molecule has 2 rings (SSSR count). The predicted octanol–water partition coefficient (Wildman–Crippen LogP) is 3.82. The number of hydrogen-bond acceptors (Lipinski definition) is 5. The van der Waals surface area contributed by atoms with Crippen LogP contribution in [0.4, 0.5) is 10.1 Å². The summed E-state index contributed by atoms with van der Waals surface area (Å²) in [5.74, 6) is -1.20. The Morgan fingerprint density at radius 3 is 2.75 bits per heavy atom. The van der Waals surface area contributed by atoms with E-state index < -0.39 is 16.4 Å². The number of nitro groups is 1. The zero-order valence-corrected chi connectivity index (χ0v) is 12.2. The van der Waals surface area contributed by atoms with Crippen LogP contribution in [-0.4, -0.2) is 17.3 Å². The summed E-state index contributed by atoms with van der Waals surface area (Å²) < 4.78 is 19.2. The largest absolute Gasteiger partial charge is 0.485 e. The molecule has 0 N–H and O–H groups in total. The number of ether oxygens (including phenoxy) is 1. The fraction of sp³-hybridized carbons (Fsp3) is 0.0833. The molecule has 104 valence electrons. The van der Waals surface area contributed by atoms with Gasteiger partial charge in [0.15, 0.2) is 6.61 Å². The third kappa shape index (κ3) is 3.20. The number of halogens is 2. The summed E-state index contributed by atoms with van der Waals surface area (Å²) in [4.78, 5) is 22.0. The third-order valence-corrected chi connectivity index (χ3v) is 4.23. The van der Waals surface area contributed by atoms with E-state index in [0.717, 1.165) is 12.1 Å². The summed E-state index contributed by atoms with van der Waals surface area (Å²) in [6, 6.07) is 4.87. The van der Waals surface area contributed by atoms with Gasteiger partial charge in [0, 0.05) is 16.6 Å². The lowest BCUT2D eigenvalue weighted by molar-refractivity contribution is -0.387. The maximum atomic E-state index is 13.4. The van der Waals surface area contributed by atoms with Crippen molar-refractivity contribution in [3.8, 4) is 5.75 Å². The first-order valence-corrected chi connectivity index (χ1v) is 6.99. The highest BCUT2D eigenvalue weighted by Gasteiger charge is 2.16. The summed E-state index contributed by atoms with van der Waals surface area (Å²) in [5.41, 5.74) is -0.635. The number of carbonyl (C=O) groups excluding carboxylic acids is 1. The van der Waals surface area contributed by atoms with Gasteiger partial charge >= 0.3 is 5.69 Å². The average molecular weight is 360 g/mol. The molecule has 0 saturated heterocycles. The number of hydrogen-bond donors (Lipinski definition) is 0. The van der Waals surface area contributed by atoms with E-state index in [9.17, 15) is 19.3 Å². The third-order valence-electron chi connectivity index (χ3n) is 2.36. The Labute approximate surface area is 125 Å². The monoisotopic (exact) mass is 359 g/mol. The van der Waals surface area contributed by atoms with Gasteiger partial charge in [-0.1, -0.05) is 0 Å². The molecule has 0 bridgehead atoms. The Morgan fingerprint density at radius 2 is 2.20 bits per heavy atom. The Morgan fingerprint density at radius 1 is 1.45 bits per heavy atom. The number of Topliss-reactive ketones (excluding diaryl/α,β-unsaturated/α-hetero) is 1. The van der Waals surface area contributed by atoms with Gasteiger partial charge in [0.25, 0.3) is 0 Å². The number of thiophene rings is 1. The van der Waals surface area contributed by atoms with Crippen LogP contribution in [-0.2, 0) is 0 Å². The summed E-state index contributed by atoms with van der Waals surface area (Å²) in [6.07, 6.45) is 0. The summed E-state index contributed by atoms with van der Waals surface area (Å²) in [7, 11) is 0. The van der Waals surface area contributed by atoms with Crippen LogP contribution < -0.4 is 4.74 Å². The van der Waals surface area contributed by atoms with Crippen molar-refractivity contribution in [1.82, 2.24) is 0 Å². The molecule has 0 saturated carbocycles. The Balaban J connectivity index is 2.05. The van der Waals surface area contributed by atoms with Gasteiger partial charge in [0.2, 0.25) is 11.6 Å². The van der Waals surface area contributed by atoms with E-state index >= 15 is 0 Å². The molecule has 2 aromatic rings. The molecule has 0 radical (unpaired) electrons. The van der Waals surface area contributed by atoms with Crippen molar-refractivity contribution >= 4 is 38.7 Å². The van der Waals surface area contributed by atoms with Gasteiger partial charge in [-0.3, -0.25) is 14.9 Å². The van der Waals surface area contributed by atoms with Crippen molar-refractivity contribution in [3.05, 3.63) is 54.9 Å². The lowest BCUT2D eigenvalue weighted by Gasteiger charge is -2.05. The number of nitro benzene ring substituents is 1. The minimum absolute atomic E-state index is 0.0640. The van der Waals surface area contributed by atoms with Gasteiger partial charge in [0.1, 0.15) is 5.75 Å². The van der Waals surface area contributed by atoms with Crippen LogP contribution in [0.5, 0.6) is 5.75 Å². The number of rotatable bonds is 5. The second kappa shape index (κ2) is 6.10. The first kappa shape index (κ1) is 14.6. The fourth-order valence-electron chi connectivity index (χ4n) is 1.43. The van der Waals surface area contributed by atoms with E-state index in [0.29, 0.717) is 9.35 Å². The van der Waals surface area contributed by atoms with Gasteiger partial charge < -0.3 is 4.74 Å². The van der Waals surface area contributed by atoms with Crippen molar-refractivity contribution in [1.29, 1.82) is 0 Å². The fourth-order valence-corrected chi connectivity index (χ4v) is 2.95. The van der Waals surface area contributed by atoms with Gasteiger partial charge in [-0.25, -0.2) is 0 Å². The molecule has 1 aromatic heterocycles. The van der Waals surface area contributed by atoms with Crippen molar-refractivity contribution in [3.63, 3.8) is 0 Å². The molecule has 0 aliphatic heterocycles. The molecule has 5 nitrogen and oxygen atoms in total. The predicted molar refractivity (Wildman–Crippen MR) is 74.9 cm³/mol. The van der Waals surface area contributed by atoms with Crippen LogP contribution in [0.3, 0.4) is 0 Å². The minimum Gasteiger partial charge on any atom is -0.485 e. The maximum Gasteiger partial charge on any atom is 0.305 e. The van der Waals surface area contributed by atoms with E-state index in [1.54, 1.807) is 11.4 Å². The second-order valence-electron chi connectivity index (χ2n) is 3.68.